The summed E-state index contributed by atoms with van der Waals surface area (Å²) in [5, 5.41) is 32.6. The Balaban J connectivity index is 0.000000132. The van der Waals surface area contributed by atoms with Gasteiger partial charge in [0.25, 0.3) is 23.6 Å². The highest BCUT2D eigenvalue weighted by Crippen LogP contribution is 2.37. The van der Waals surface area contributed by atoms with Crippen LogP contribution >= 0.6 is 15.9 Å². The summed E-state index contributed by atoms with van der Waals surface area (Å²) >= 11 is 3.44. The number of nitrogens with one attached hydrogen (secondary N) is 2. The zero-order chi connectivity index (χ0) is 55.9. The standard InChI is InChI=1S/C27H22N6O2.C17H12BrN5O.C16H22BNO3/c28-14-17-1-10-25(29-15-17)33(22-8-9-22)27(35)20-11-12-32-24(13-20)23(16-30-32)18-2-4-19(5-3-18)26(34)31-21-6-7-21;18-14-10-21-22-6-5-12(7-15(14)22)17(24)23(13-2-3-13)16-4-1-11(8-19)9-20-16;1-15(2)16(3,4)21-17(20-15)12-7-5-11(6-8-12)14(19)18-13-9-10-13/h1-5,10-13,15-16,21-22H,6-9H2,(H,31,34);1,4-7,9-10,13H,2-3H2;5-8,13H,9-10H2,1-4H3,(H,18,19). The van der Waals surface area contributed by atoms with Gasteiger partial charge in [0, 0.05) is 76.8 Å². The molecule has 2 N–H and O–H groups in total. The average Bonchev–Trinajstić information content (AvgIpc) is 4.29. The van der Waals surface area contributed by atoms with E-state index in [1.807, 2.05) is 94.4 Å². The minimum absolute atomic E-state index is 0.00188. The third kappa shape index (κ3) is 11.7. The number of aromatic nitrogens is 6. The summed E-state index contributed by atoms with van der Waals surface area (Å²) in [7, 11) is -0.379. The number of carbonyl (C=O) groups excluding carboxylic acids is 4. The smallest absolute Gasteiger partial charge is 0.399 e. The molecule has 5 aliphatic rings. The third-order valence-corrected chi connectivity index (χ3v) is 15.6. The summed E-state index contributed by atoms with van der Waals surface area (Å²) in [6.07, 6.45) is 18.1. The van der Waals surface area contributed by atoms with E-state index in [1.165, 1.54) is 12.4 Å². The molecule has 0 unspecified atom stereocenters. The predicted octanol–water partition coefficient (Wildman–Crippen LogP) is 9.02. The molecule has 0 spiro atoms. The van der Waals surface area contributed by atoms with Crippen LogP contribution in [0.4, 0.5) is 11.6 Å². The van der Waals surface area contributed by atoms with Crippen LogP contribution in [0.25, 0.3) is 22.2 Å². The number of anilines is 2. The van der Waals surface area contributed by atoms with Gasteiger partial charge in [-0.1, -0.05) is 24.3 Å². The van der Waals surface area contributed by atoms with Gasteiger partial charge in [0.1, 0.15) is 23.8 Å². The zero-order valence-corrected chi connectivity index (χ0v) is 46.1. The van der Waals surface area contributed by atoms with Gasteiger partial charge in [-0.05, 0) is 179 Å². The van der Waals surface area contributed by atoms with Crippen molar-refractivity contribution in [1.29, 1.82) is 10.5 Å². The summed E-state index contributed by atoms with van der Waals surface area (Å²) in [5.74, 6) is 0.845. The van der Waals surface area contributed by atoms with Crippen molar-refractivity contribution in [2.45, 2.75) is 114 Å². The Morgan fingerprint density at radius 2 is 1.04 bits per heavy atom. The Bertz CT molecular complexity index is 3730. The van der Waals surface area contributed by atoms with E-state index < -0.39 is 0 Å². The fourth-order valence-electron chi connectivity index (χ4n) is 9.03. The van der Waals surface area contributed by atoms with Gasteiger partial charge < -0.3 is 19.9 Å². The molecule has 20 heteroatoms. The van der Waals surface area contributed by atoms with Crippen LogP contribution in [0.2, 0.25) is 0 Å². The first-order chi connectivity index (χ1) is 38.6. The van der Waals surface area contributed by atoms with E-state index in [9.17, 15) is 19.2 Å². The second-order valence-electron chi connectivity index (χ2n) is 21.7. The lowest BCUT2D eigenvalue weighted by molar-refractivity contribution is 0.00578. The van der Waals surface area contributed by atoms with Crippen molar-refractivity contribution in [3.05, 3.63) is 172 Å². The maximum atomic E-state index is 13.6. The van der Waals surface area contributed by atoms with Gasteiger partial charge in [0.15, 0.2) is 0 Å². The summed E-state index contributed by atoms with van der Waals surface area (Å²) in [4.78, 5) is 62.9. The molecule has 0 radical (unpaired) electrons. The minimum Gasteiger partial charge on any atom is -0.399 e. The van der Waals surface area contributed by atoms with Crippen LogP contribution in [0.3, 0.4) is 0 Å². The highest BCUT2D eigenvalue weighted by Gasteiger charge is 2.51. The number of halogens is 1. The van der Waals surface area contributed by atoms with Crippen molar-refractivity contribution >= 4 is 74.8 Å². The number of pyridine rings is 4. The van der Waals surface area contributed by atoms with Gasteiger partial charge in [-0.2, -0.15) is 20.7 Å². The van der Waals surface area contributed by atoms with Crippen LogP contribution in [0.5, 0.6) is 0 Å². The van der Waals surface area contributed by atoms with Crippen LogP contribution in [-0.4, -0.2) is 95.3 Å². The Hall–Kier alpha value is -8.56. The molecule has 1 saturated heterocycles. The van der Waals surface area contributed by atoms with E-state index >= 15 is 0 Å². The molecule has 6 aromatic heterocycles. The fraction of sp³-hybridized carbons (Fsp3) is 0.300. The van der Waals surface area contributed by atoms with Gasteiger partial charge >= 0.3 is 7.12 Å². The van der Waals surface area contributed by atoms with Crippen LogP contribution in [0, 0.1) is 22.7 Å². The maximum absolute atomic E-state index is 13.6. The molecule has 80 heavy (non-hydrogen) atoms. The molecule has 0 atom stereocenters. The molecular weight excluding hydrogens is 1080 g/mol. The highest BCUT2D eigenvalue weighted by molar-refractivity contribution is 9.10. The fourth-order valence-corrected chi connectivity index (χ4v) is 9.42. The summed E-state index contributed by atoms with van der Waals surface area (Å²) < 4.78 is 16.3. The summed E-state index contributed by atoms with van der Waals surface area (Å²) in [6, 6.07) is 34.0. The molecule has 2 aromatic carbocycles. The molecule has 402 valence electrons. The van der Waals surface area contributed by atoms with Gasteiger partial charge in [-0.15, -0.1) is 0 Å². The quantitative estimate of drug-likeness (QED) is 0.109. The van der Waals surface area contributed by atoms with Crippen molar-refractivity contribution in [3.8, 4) is 23.3 Å². The summed E-state index contributed by atoms with van der Waals surface area (Å²) in [5.41, 5.74) is 7.05. The highest BCUT2D eigenvalue weighted by atomic mass is 79.9. The monoisotopic (exact) mass is 1130 g/mol. The number of fused-ring (bicyclic) bond motifs is 2. The first-order valence-electron chi connectivity index (χ1n) is 26.7. The lowest BCUT2D eigenvalue weighted by Gasteiger charge is -2.32. The number of nitriles is 2. The zero-order valence-electron chi connectivity index (χ0n) is 44.5. The topological polar surface area (TPSA) is 225 Å². The Labute approximate surface area is 471 Å². The normalized spacial score (nSPS) is 16.7. The molecule has 4 saturated carbocycles. The van der Waals surface area contributed by atoms with Gasteiger partial charge in [0.2, 0.25) is 0 Å². The van der Waals surface area contributed by atoms with E-state index in [0.717, 1.165) is 83.5 Å². The number of nitrogens with zero attached hydrogens (tertiary/aromatic N) is 10. The predicted molar refractivity (Wildman–Crippen MR) is 304 cm³/mol. The number of amides is 4. The number of benzene rings is 2. The Morgan fingerprint density at radius 3 is 1.48 bits per heavy atom. The number of rotatable bonds is 12. The minimum atomic E-state index is -0.379. The van der Waals surface area contributed by atoms with Crippen LogP contribution < -0.4 is 25.9 Å². The molecule has 1 aliphatic heterocycles. The van der Waals surface area contributed by atoms with Crippen LogP contribution in [0.1, 0.15) is 132 Å². The van der Waals surface area contributed by atoms with E-state index in [4.69, 9.17) is 19.8 Å². The molecule has 8 aromatic rings. The van der Waals surface area contributed by atoms with Crippen molar-refractivity contribution in [2.24, 2.45) is 0 Å². The van der Waals surface area contributed by atoms with Gasteiger partial charge in [-0.3, -0.25) is 29.0 Å². The van der Waals surface area contributed by atoms with Crippen LogP contribution in [-0.2, 0) is 9.31 Å². The molecule has 18 nitrogen and oxygen atoms in total. The Kier molecular flexibility index (Phi) is 14.7. The largest absolute Gasteiger partial charge is 0.494 e. The Morgan fingerprint density at radius 1 is 0.588 bits per heavy atom. The molecule has 4 aliphatic carbocycles. The molecule has 0 bridgehead atoms. The second-order valence-corrected chi connectivity index (χ2v) is 22.5. The van der Waals surface area contributed by atoms with E-state index in [1.54, 1.807) is 80.0 Å². The summed E-state index contributed by atoms with van der Waals surface area (Å²) in [6.45, 7) is 8.13. The third-order valence-electron chi connectivity index (χ3n) is 15.0. The van der Waals surface area contributed by atoms with Crippen molar-refractivity contribution in [2.75, 3.05) is 9.80 Å². The number of hydrogen-bond donors (Lipinski definition) is 2. The molecular formula is C60H56BBrN12O6. The molecule has 13 rings (SSSR count). The lowest BCUT2D eigenvalue weighted by atomic mass is 9.79. The lowest BCUT2D eigenvalue weighted by Crippen LogP contribution is -2.41. The van der Waals surface area contributed by atoms with Gasteiger partial charge in [0.05, 0.1) is 50.2 Å². The second kappa shape index (κ2) is 21.9. The molecule has 5 fully saturated rings. The molecule has 4 amide bonds. The SMILES string of the molecule is CC1(C)OB(c2ccc(C(=O)NC3CC3)cc2)OC1(C)C.N#Cc1ccc(N(C(=O)c2ccn3ncc(-c4ccc(C(=O)NC5CC5)cc4)c3c2)C2CC2)nc1.N#Cc1ccc(N(C(=O)c2ccn3ncc(Br)c3c2)C2CC2)nc1. The maximum Gasteiger partial charge on any atom is 0.494 e. The van der Waals surface area contributed by atoms with E-state index in [-0.39, 0.29) is 54.0 Å². The van der Waals surface area contributed by atoms with Crippen LogP contribution in [0.15, 0.2) is 139 Å². The van der Waals surface area contributed by atoms with E-state index in [0.29, 0.717) is 57.1 Å². The number of hydrogen-bond acceptors (Lipinski definition) is 12. The van der Waals surface area contributed by atoms with Gasteiger partial charge in [-0.25, -0.2) is 19.0 Å². The number of carbonyl (C=O) groups is 4. The first kappa shape index (κ1) is 53.4. The van der Waals surface area contributed by atoms with Crippen molar-refractivity contribution in [1.82, 2.24) is 39.8 Å². The van der Waals surface area contributed by atoms with Crippen molar-refractivity contribution < 1.29 is 28.5 Å². The molecule has 7 heterocycles. The van der Waals surface area contributed by atoms with E-state index in [2.05, 4.69) is 52.8 Å². The first-order valence-corrected chi connectivity index (χ1v) is 27.5. The van der Waals surface area contributed by atoms with Crippen molar-refractivity contribution in [3.63, 3.8) is 0 Å². The average molecular weight is 1130 g/mol.